The summed E-state index contributed by atoms with van der Waals surface area (Å²) >= 11 is 0. The molecule has 0 saturated heterocycles. The predicted octanol–water partition coefficient (Wildman–Crippen LogP) is 5.99. The molecule has 0 spiro atoms. The van der Waals surface area contributed by atoms with E-state index in [0.29, 0.717) is 23.2 Å². The van der Waals surface area contributed by atoms with Gasteiger partial charge in [0.1, 0.15) is 0 Å². The number of nitrogens with zero attached hydrogens (tertiary/aromatic N) is 1. The van der Waals surface area contributed by atoms with Crippen molar-refractivity contribution in [2.75, 3.05) is 14.1 Å². The van der Waals surface area contributed by atoms with Crippen LogP contribution in [-0.4, -0.2) is 24.9 Å². The first-order chi connectivity index (χ1) is 11.6. The van der Waals surface area contributed by atoms with E-state index in [1.165, 1.54) is 49.7 Å². The highest BCUT2D eigenvalue weighted by Gasteiger charge is 2.52. The van der Waals surface area contributed by atoms with Crippen LogP contribution in [-0.2, 0) is 4.79 Å². The molecule has 2 rings (SSSR count). The Hall–Kier alpha value is -1.05. The first kappa shape index (κ1) is 20.3. The maximum Gasteiger partial charge on any atom is 0.225 e. The molecule has 0 aromatic carbocycles. The second-order valence-corrected chi connectivity index (χ2v) is 9.73. The molecular weight excluding hydrogens is 306 g/mol. The summed E-state index contributed by atoms with van der Waals surface area (Å²) in [4.78, 5) is 13.5. The van der Waals surface area contributed by atoms with E-state index in [1.807, 2.05) is 14.1 Å². The van der Waals surface area contributed by atoms with Crippen molar-refractivity contribution >= 4 is 5.91 Å². The van der Waals surface area contributed by atoms with Crippen molar-refractivity contribution in [1.29, 1.82) is 0 Å². The van der Waals surface area contributed by atoms with Crippen LogP contribution >= 0.6 is 0 Å². The van der Waals surface area contributed by atoms with E-state index < -0.39 is 0 Å². The molecule has 0 aromatic heterocycles. The zero-order valence-corrected chi connectivity index (χ0v) is 17.5. The SMILES string of the molecule is C=C1CC[C@H]2C(C)(C)CCC[C@]2(C)[C@H]1CC/C(C)=C/CC(=O)N(C)C. The minimum absolute atomic E-state index is 0.183. The molecule has 0 unspecified atom stereocenters. The van der Waals surface area contributed by atoms with E-state index in [1.54, 1.807) is 4.90 Å². The Morgan fingerprint density at radius 2 is 1.96 bits per heavy atom. The van der Waals surface area contributed by atoms with Crippen LogP contribution in [0.2, 0.25) is 0 Å². The molecule has 1 amide bonds. The van der Waals surface area contributed by atoms with Gasteiger partial charge in [-0.3, -0.25) is 4.79 Å². The standard InChI is InChI=1S/C23H39NO/c1-17(10-14-21(25)24(6)7)9-12-19-18(2)11-13-20-22(3,4)15-8-16-23(19,20)5/h10,19-20H,2,8-9,11-16H2,1,3-7H3/b17-10+/t19-,20-,23+/m0/s1. The fourth-order valence-electron chi connectivity index (χ4n) is 5.73. The summed E-state index contributed by atoms with van der Waals surface area (Å²) in [5, 5.41) is 0. The first-order valence-electron chi connectivity index (χ1n) is 10.1. The summed E-state index contributed by atoms with van der Waals surface area (Å²) in [7, 11) is 3.65. The van der Waals surface area contributed by atoms with Crippen LogP contribution in [0.4, 0.5) is 0 Å². The van der Waals surface area contributed by atoms with Crippen molar-refractivity contribution in [2.24, 2.45) is 22.7 Å². The monoisotopic (exact) mass is 345 g/mol. The average Bonchev–Trinajstić information content (AvgIpc) is 2.50. The molecule has 2 saturated carbocycles. The molecule has 2 aliphatic rings. The zero-order valence-electron chi connectivity index (χ0n) is 17.5. The highest BCUT2D eigenvalue weighted by atomic mass is 16.2. The van der Waals surface area contributed by atoms with Crippen molar-refractivity contribution in [3.05, 3.63) is 23.8 Å². The van der Waals surface area contributed by atoms with Gasteiger partial charge in [0.15, 0.2) is 0 Å². The van der Waals surface area contributed by atoms with Crippen LogP contribution in [0.3, 0.4) is 0 Å². The first-order valence-corrected chi connectivity index (χ1v) is 10.1. The molecule has 0 N–H and O–H groups in total. The van der Waals surface area contributed by atoms with Crippen LogP contribution in [0, 0.1) is 22.7 Å². The number of carbonyl (C=O) groups is 1. The minimum Gasteiger partial charge on any atom is -0.349 e. The second-order valence-electron chi connectivity index (χ2n) is 9.73. The summed E-state index contributed by atoms with van der Waals surface area (Å²) in [6.07, 6.45) is 11.5. The fraction of sp³-hybridized carbons (Fsp3) is 0.783. The van der Waals surface area contributed by atoms with Gasteiger partial charge in [0.2, 0.25) is 5.91 Å². The largest absolute Gasteiger partial charge is 0.349 e. The Bertz CT molecular complexity index is 542. The van der Waals surface area contributed by atoms with E-state index in [4.69, 9.17) is 0 Å². The Balaban J connectivity index is 2.05. The average molecular weight is 346 g/mol. The normalized spacial score (nSPS) is 32.2. The van der Waals surface area contributed by atoms with Gasteiger partial charge in [-0.25, -0.2) is 0 Å². The highest BCUT2D eigenvalue weighted by Crippen LogP contribution is 2.61. The van der Waals surface area contributed by atoms with E-state index in [2.05, 4.69) is 40.3 Å². The van der Waals surface area contributed by atoms with E-state index in [9.17, 15) is 4.79 Å². The molecule has 2 heteroatoms. The number of amides is 1. The molecule has 3 atom stereocenters. The lowest BCUT2D eigenvalue weighted by Crippen LogP contribution is -2.49. The summed E-state index contributed by atoms with van der Waals surface area (Å²) in [6.45, 7) is 14.2. The van der Waals surface area contributed by atoms with Gasteiger partial charge in [-0.05, 0) is 68.1 Å². The van der Waals surface area contributed by atoms with Gasteiger partial charge in [0.25, 0.3) is 0 Å². The molecule has 25 heavy (non-hydrogen) atoms. The smallest absolute Gasteiger partial charge is 0.225 e. The van der Waals surface area contributed by atoms with Crippen LogP contribution in [0.15, 0.2) is 23.8 Å². The molecule has 0 radical (unpaired) electrons. The molecule has 2 aliphatic carbocycles. The third-order valence-electron chi connectivity index (χ3n) is 7.27. The zero-order chi connectivity index (χ0) is 18.8. The van der Waals surface area contributed by atoms with Crippen molar-refractivity contribution in [1.82, 2.24) is 4.90 Å². The summed E-state index contributed by atoms with van der Waals surface area (Å²) in [5.74, 6) is 1.64. The number of fused-ring (bicyclic) bond motifs is 1. The van der Waals surface area contributed by atoms with Crippen molar-refractivity contribution in [2.45, 2.75) is 79.1 Å². The van der Waals surface area contributed by atoms with Gasteiger partial charge < -0.3 is 4.90 Å². The van der Waals surface area contributed by atoms with Gasteiger partial charge in [-0.1, -0.05) is 51.0 Å². The fourth-order valence-corrected chi connectivity index (χ4v) is 5.73. The van der Waals surface area contributed by atoms with Gasteiger partial charge >= 0.3 is 0 Å². The van der Waals surface area contributed by atoms with E-state index >= 15 is 0 Å². The number of rotatable bonds is 5. The lowest BCUT2D eigenvalue weighted by molar-refractivity contribution is -0.127. The maximum absolute atomic E-state index is 11.8. The number of allylic oxidation sites excluding steroid dienone is 2. The number of hydrogen-bond donors (Lipinski definition) is 0. The minimum atomic E-state index is 0.183. The van der Waals surface area contributed by atoms with E-state index in [-0.39, 0.29) is 5.91 Å². The molecule has 142 valence electrons. The lowest BCUT2D eigenvalue weighted by Gasteiger charge is -2.58. The molecule has 0 heterocycles. The summed E-state index contributed by atoms with van der Waals surface area (Å²) in [6, 6.07) is 0. The van der Waals surface area contributed by atoms with Crippen LogP contribution in [0.1, 0.15) is 79.1 Å². The Kier molecular flexibility index (Phi) is 6.22. The van der Waals surface area contributed by atoms with Crippen LogP contribution < -0.4 is 0 Å². The summed E-state index contributed by atoms with van der Waals surface area (Å²) < 4.78 is 0. The molecule has 0 aromatic rings. The molecular formula is C23H39NO. The van der Waals surface area contributed by atoms with Crippen LogP contribution in [0.25, 0.3) is 0 Å². The summed E-state index contributed by atoms with van der Waals surface area (Å²) in [5.41, 5.74) is 3.71. The predicted molar refractivity (Wildman–Crippen MR) is 107 cm³/mol. The van der Waals surface area contributed by atoms with Gasteiger partial charge in [0, 0.05) is 20.5 Å². The Morgan fingerprint density at radius 3 is 2.60 bits per heavy atom. The lowest BCUT2D eigenvalue weighted by atomic mass is 9.47. The molecule has 0 aliphatic heterocycles. The quantitative estimate of drug-likeness (QED) is 0.560. The third-order valence-corrected chi connectivity index (χ3v) is 7.27. The van der Waals surface area contributed by atoms with Gasteiger partial charge in [0.05, 0.1) is 0 Å². The highest BCUT2D eigenvalue weighted by molar-refractivity contribution is 5.77. The van der Waals surface area contributed by atoms with Crippen molar-refractivity contribution in [3.63, 3.8) is 0 Å². The van der Waals surface area contributed by atoms with Crippen LogP contribution in [0.5, 0.6) is 0 Å². The van der Waals surface area contributed by atoms with E-state index in [0.717, 1.165) is 12.3 Å². The molecule has 0 bridgehead atoms. The van der Waals surface area contributed by atoms with Crippen molar-refractivity contribution in [3.8, 4) is 0 Å². The molecule has 2 fully saturated rings. The maximum atomic E-state index is 11.8. The Labute approximate surface area is 155 Å². The Morgan fingerprint density at radius 1 is 1.28 bits per heavy atom. The van der Waals surface area contributed by atoms with Crippen molar-refractivity contribution < 1.29 is 4.79 Å². The number of carbonyl (C=O) groups excluding carboxylic acids is 1. The second kappa shape index (κ2) is 7.68. The number of hydrogen-bond acceptors (Lipinski definition) is 1. The van der Waals surface area contributed by atoms with Gasteiger partial charge in [-0.2, -0.15) is 0 Å². The van der Waals surface area contributed by atoms with Gasteiger partial charge in [-0.15, -0.1) is 0 Å². The topological polar surface area (TPSA) is 20.3 Å². The molecule has 2 nitrogen and oxygen atoms in total. The third kappa shape index (κ3) is 4.38.